The highest BCUT2D eigenvalue weighted by molar-refractivity contribution is 5.16. The van der Waals surface area contributed by atoms with Gasteiger partial charge in [0.1, 0.15) is 24.4 Å². The molecule has 0 radical (unpaired) electrons. The number of aliphatic hydroxyl groups excluding tert-OH is 1. The van der Waals surface area contributed by atoms with Crippen molar-refractivity contribution in [1.29, 1.82) is 0 Å². The molecule has 3 fully saturated rings. The average Bonchev–Trinajstić information content (AvgIpc) is 2.95. The molecule has 3 aliphatic heterocycles. The lowest BCUT2D eigenvalue weighted by molar-refractivity contribution is -0.215. The van der Waals surface area contributed by atoms with Crippen LogP contribution in [0.25, 0.3) is 0 Å². The highest BCUT2D eigenvalue weighted by atomic mass is 16.6. The van der Waals surface area contributed by atoms with Crippen LogP contribution in [0.1, 0.15) is 11.8 Å². The molecular weight excluding hydrogens is 296 g/mol. The van der Waals surface area contributed by atoms with Crippen LogP contribution in [0.3, 0.4) is 0 Å². The Labute approximate surface area is 124 Å². The van der Waals surface area contributed by atoms with Crippen molar-refractivity contribution in [3.63, 3.8) is 0 Å². The third-order valence-electron chi connectivity index (χ3n) is 4.64. The van der Waals surface area contributed by atoms with E-state index in [1.54, 1.807) is 6.92 Å². The number of aliphatic hydroxyl groups is 2. The zero-order valence-corrected chi connectivity index (χ0v) is 11.8. The fraction of sp³-hybridized carbons (Fsp3) is 0.692. The average molecular weight is 312 g/mol. The fourth-order valence-corrected chi connectivity index (χ4v) is 3.50. The SMILES string of the molecule is Cc1cn([C@@H]2O[C@@H]3[C@H](O)CO[C@H]4CO[C@H]2[C@@]43O)c(=O)[nH]c1=O. The van der Waals surface area contributed by atoms with Gasteiger partial charge in [-0.05, 0) is 6.92 Å². The van der Waals surface area contributed by atoms with Gasteiger partial charge in [-0.1, -0.05) is 0 Å². The van der Waals surface area contributed by atoms with Crippen molar-refractivity contribution in [3.8, 4) is 0 Å². The maximum atomic E-state index is 12.0. The van der Waals surface area contributed by atoms with Crippen LogP contribution in [0.5, 0.6) is 0 Å². The maximum absolute atomic E-state index is 12.0. The van der Waals surface area contributed by atoms with E-state index in [-0.39, 0.29) is 13.2 Å². The smallest absolute Gasteiger partial charge is 0.330 e. The Morgan fingerprint density at radius 2 is 2.09 bits per heavy atom. The minimum absolute atomic E-state index is 0.0278. The van der Waals surface area contributed by atoms with Gasteiger partial charge in [0.15, 0.2) is 11.8 Å². The van der Waals surface area contributed by atoms with Crippen LogP contribution < -0.4 is 11.2 Å². The normalized spacial score (nSPS) is 43.3. The zero-order valence-electron chi connectivity index (χ0n) is 11.8. The topological polar surface area (TPSA) is 123 Å². The van der Waals surface area contributed by atoms with Crippen LogP contribution in [0, 0.1) is 6.92 Å². The van der Waals surface area contributed by atoms with Crippen LogP contribution in [0.4, 0.5) is 0 Å². The van der Waals surface area contributed by atoms with Crippen LogP contribution >= 0.6 is 0 Å². The molecule has 22 heavy (non-hydrogen) atoms. The molecule has 4 heterocycles. The van der Waals surface area contributed by atoms with Gasteiger partial charge in [0.05, 0.1) is 13.2 Å². The molecule has 3 aliphatic rings. The summed E-state index contributed by atoms with van der Waals surface area (Å²) in [5.74, 6) is 0. The first kappa shape index (κ1) is 14.1. The molecule has 0 unspecified atom stereocenters. The first-order valence-electron chi connectivity index (χ1n) is 7.04. The summed E-state index contributed by atoms with van der Waals surface area (Å²) in [7, 11) is 0. The molecule has 1 aromatic rings. The molecule has 0 spiro atoms. The molecule has 0 saturated carbocycles. The van der Waals surface area contributed by atoms with Gasteiger partial charge < -0.3 is 24.4 Å². The van der Waals surface area contributed by atoms with E-state index in [0.717, 1.165) is 0 Å². The van der Waals surface area contributed by atoms with Gasteiger partial charge in [-0.25, -0.2) is 4.79 Å². The maximum Gasteiger partial charge on any atom is 0.330 e. The lowest BCUT2D eigenvalue weighted by atomic mass is 9.84. The molecule has 0 bridgehead atoms. The molecule has 0 aliphatic carbocycles. The molecule has 120 valence electrons. The summed E-state index contributed by atoms with van der Waals surface area (Å²) in [6.07, 6.45) is -3.00. The number of aryl methyl sites for hydroxylation is 1. The van der Waals surface area contributed by atoms with Gasteiger partial charge >= 0.3 is 5.69 Å². The quantitative estimate of drug-likeness (QED) is 0.529. The van der Waals surface area contributed by atoms with Crippen LogP contribution in [-0.4, -0.2) is 63.0 Å². The van der Waals surface area contributed by atoms with Gasteiger partial charge in [0, 0.05) is 11.8 Å². The van der Waals surface area contributed by atoms with E-state index in [2.05, 4.69) is 4.98 Å². The summed E-state index contributed by atoms with van der Waals surface area (Å²) in [6, 6.07) is 0. The number of nitrogens with one attached hydrogen (secondary N) is 1. The summed E-state index contributed by atoms with van der Waals surface area (Å²) >= 11 is 0. The number of hydrogen-bond donors (Lipinski definition) is 3. The zero-order chi connectivity index (χ0) is 15.6. The Hall–Kier alpha value is -1.52. The number of nitrogens with zero attached hydrogens (tertiary/aromatic N) is 1. The van der Waals surface area contributed by atoms with Gasteiger partial charge in [-0.15, -0.1) is 0 Å². The van der Waals surface area contributed by atoms with E-state index in [1.807, 2.05) is 0 Å². The predicted octanol–water partition coefficient (Wildman–Crippen LogP) is -2.37. The van der Waals surface area contributed by atoms with Crippen molar-refractivity contribution in [2.24, 2.45) is 0 Å². The largest absolute Gasteiger partial charge is 0.388 e. The summed E-state index contributed by atoms with van der Waals surface area (Å²) in [5, 5.41) is 20.9. The summed E-state index contributed by atoms with van der Waals surface area (Å²) in [4.78, 5) is 25.7. The Balaban J connectivity index is 1.81. The standard InChI is InChI=1S/C13H16N2O7/c1-5-2-15(12(18)14-10(5)17)11-9-13(19)7(4-21-9)20-3-6(16)8(13)22-11/h2,6-9,11,16,19H,3-4H2,1H3,(H,14,17,18)/t6-,7+,8-,9-,11-,13-/m1/s1. The number of rotatable bonds is 1. The Kier molecular flexibility index (Phi) is 2.88. The second kappa shape index (κ2) is 4.49. The Morgan fingerprint density at radius 1 is 1.32 bits per heavy atom. The fourth-order valence-electron chi connectivity index (χ4n) is 3.50. The second-order valence-corrected chi connectivity index (χ2v) is 5.96. The van der Waals surface area contributed by atoms with E-state index < -0.39 is 47.5 Å². The van der Waals surface area contributed by atoms with Crippen LogP contribution in [0.15, 0.2) is 15.8 Å². The van der Waals surface area contributed by atoms with E-state index in [0.29, 0.717) is 5.56 Å². The molecule has 6 atom stereocenters. The lowest BCUT2D eigenvalue weighted by Gasteiger charge is -2.39. The van der Waals surface area contributed by atoms with Crippen molar-refractivity contribution in [2.45, 2.75) is 43.2 Å². The van der Waals surface area contributed by atoms with Crippen molar-refractivity contribution in [2.75, 3.05) is 13.2 Å². The molecule has 0 amide bonds. The highest BCUT2D eigenvalue weighted by Crippen LogP contribution is 2.48. The Morgan fingerprint density at radius 3 is 2.86 bits per heavy atom. The molecule has 0 aromatic carbocycles. The first-order chi connectivity index (χ1) is 10.4. The molecule has 9 nitrogen and oxygen atoms in total. The molecule has 4 rings (SSSR count). The predicted molar refractivity (Wildman–Crippen MR) is 70.4 cm³/mol. The minimum Gasteiger partial charge on any atom is -0.388 e. The molecule has 9 heteroatoms. The molecular formula is C13H16N2O7. The molecule has 3 saturated heterocycles. The monoisotopic (exact) mass is 312 g/mol. The first-order valence-corrected chi connectivity index (χ1v) is 7.04. The van der Waals surface area contributed by atoms with Crippen molar-refractivity contribution in [3.05, 3.63) is 32.6 Å². The number of H-pyrrole nitrogens is 1. The molecule has 3 N–H and O–H groups in total. The van der Waals surface area contributed by atoms with Gasteiger partial charge in [-0.3, -0.25) is 14.3 Å². The van der Waals surface area contributed by atoms with E-state index in [1.165, 1.54) is 10.8 Å². The summed E-state index contributed by atoms with van der Waals surface area (Å²) in [5.41, 5.74) is -2.34. The van der Waals surface area contributed by atoms with Gasteiger partial charge in [0.2, 0.25) is 0 Å². The van der Waals surface area contributed by atoms with Crippen molar-refractivity contribution < 1.29 is 24.4 Å². The number of aromatic amines is 1. The summed E-state index contributed by atoms with van der Waals surface area (Å²) < 4.78 is 17.9. The lowest BCUT2D eigenvalue weighted by Crippen LogP contribution is -2.62. The van der Waals surface area contributed by atoms with Crippen molar-refractivity contribution >= 4 is 0 Å². The Bertz CT molecular complexity index is 728. The number of ether oxygens (including phenoxy) is 3. The highest BCUT2D eigenvalue weighted by Gasteiger charge is 2.69. The third-order valence-corrected chi connectivity index (χ3v) is 4.64. The number of aromatic nitrogens is 2. The van der Waals surface area contributed by atoms with Crippen LogP contribution in [0.2, 0.25) is 0 Å². The molecule has 1 aromatic heterocycles. The second-order valence-electron chi connectivity index (χ2n) is 5.96. The van der Waals surface area contributed by atoms with Crippen molar-refractivity contribution in [1.82, 2.24) is 9.55 Å². The number of hydrogen-bond acceptors (Lipinski definition) is 7. The van der Waals surface area contributed by atoms with Gasteiger partial charge in [-0.2, -0.15) is 0 Å². The third kappa shape index (κ3) is 1.65. The van der Waals surface area contributed by atoms with E-state index in [4.69, 9.17) is 14.2 Å². The van der Waals surface area contributed by atoms with E-state index in [9.17, 15) is 19.8 Å². The van der Waals surface area contributed by atoms with Crippen LogP contribution in [-0.2, 0) is 14.2 Å². The van der Waals surface area contributed by atoms with Gasteiger partial charge in [0.25, 0.3) is 5.56 Å². The summed E-state index contributed by atoms with van der Waals surface area (Å²) in [6.45, 7) is 1.74. The minimum atomic E-state index is -1.52. The van der Waals surface area contributed by atoms with E-state index >= 15 is 0 Å².